The Morgan fingerprint density at radius 2 is 1.50 bits per heavy atom. The van der Waals surface area contributed by atoms with E-state index in [1.54, 1.807) is 51.2 Å². The highest BCUT2D eigenvalue weighted by Gasteiger charge is 2.56. The van der Waals surface area contributed by atoms with Crippen LogP contribution in [-0.2, 0) is 36.8 Å². The monoisotopic (exact) mass is 1100 g/mol. The number of hydrogen-bond donors (Lipinski definition) is 7. The van der Waals surface area contributed by atoms with Gasteiger partial charge >= 0.3 is 18.4 Å². The van der Waals surface area contributed by atoms with Crippen molar-refractivity contribution in [2.24, 2.45) is 10.8 Å². The number of alkyl carbamates (subject to hydrolysis) is 2. The van der Waals surface area contributed by atoms with Gasteiger partial charge in [-0.2, -0.15) is 13.2 Å². The summed E-state index contributed by atoms with van der Waals surface area (Å²) in [6.45, 7) is 9.81. The van der Waals surface area contributed by atoms with Crippen LogP contribution in [0.5, 0.6) is 0 Å². The fourth-order valence-electron chi connectivity index (χ4n) is 8.38. The van der Waals surface area contributed by atoms with Gasteiger partial charge in [-0.25, -0.2) is 37.1 Å². The first-order valence-electron chi connectivity index (χ1n) is 24.8. The molecule has 2 aromatic carbocycles. The van der Waals surface area contributed by atoms with Crippen molar-refractivity contribution in [1.82, 2.24) is 41.6 Å². The molecule has 2 aliphatic heterocycles. The number of amides is 4. The van der Waals surface area contributed by atoms with E-state index in [1.807, 2.05) is 17.4 Å². The van der Waals surface area contributed by atoms with Gasteiger partial charge in [0.2, 0.25) is 5.91 Å². The zero-order valence-corrected chi connectivity index (χ0v) is 44.5. The summed E-state index contributed by atoms with van der Waals surface area (Å²) < 4.78 is 115. The number of carbonyl (C=O) groups is 4. The minimum atomic E-state index is -5.09. The third-order valence-electron chi connectivity index (χ3n) is 13.2. The minimum Gasteiger partial charge on any atom is -0.453 e. The standard InChI is InChI=1S/C53H67F7N10O8/c1-31-26-68(36-29-78-30-36)19-20-70(31)44-16-15-34(24-63-44)14-11-32-9-12-33(13-10-32)21-41(64-47(72)46(66-50(75)77-8)52(5,6)53(58,59)60)42(71)28-69(67-48(73)45(51(2,3)4)65-49(74)76-7)27-37-38(54)22-35(23-39(37)55)40(61)17-18-62-25-43(56)57/h9-10,12-13,15-18,22-24,31,36,41-43,45-46,61-62,71H,19-21,25-30H2,1-8H3,(H,64,72)(H,65,74)(H,66,75)(H,67,73)/b18-17-,61-40?/t31-,41+,42+,45-,46?/m1/s1. The van der Waals surface area contributed by atoms with Crippen LogP contribution in [0.3, 0.4) is 0 Å². The Hall–Kier alpha value is -7.01. The fourth-order valence-corrected chi connectivity index (χ4v) is 8.38. The molecule has 426 valence electrons. The normalized spacial score (nSPS) is 17.0. The number of nitrogens with zero attached hydrogens (tertiary/aromatic N) is 4. The summed E-state index contributed by atoms with van der Waals surface area (Å²) in [7, 11) is 1.92. The van der Waals surface area contributed by atoms with E-state index in [9.17, 15) is 46.2 Å². The van der Waals surface area contributed by atoms with Gasteiger partial charge in [-0.05, 0) is 86.8 Å². The summed E-state index contributed by atoms with van der Waals surface area (Å²) in [6, 6.07) is 7.02. The van der Waals surface area contributed by atoms with E-state index in [4.69, 9.17) is 14.9 Å². The van der Waals surface area contributed by atoms with Gasteiger partial charge in [-0.15, -0.1) is 0 Å². The van der Waals surface area contributed by atoms with Crippen molar-refractivity contribution in [3.05, 3.63) is 106 Å². The van der Waals surface area contributed by atoms with Crippen LogP contribution in [0.15, 0.2) is 67.0 Å². The van der Waals surface area contributed by atoms with Gasteiger partial charge < -0.3 is 50.9 Å². The molecule has 5 rings (SSSR count). The number of aliphatic hydroxyl groups is 1. The van der Waals surface area contributed by atoms with Gasteiger partial charge in [0.1, 0.15) is 29.5 Å². The summed E-state index contributed by atoms with van der Waals surface area (Å²) in [5.41, 5.74) is -1.53. The van der Waals surface area contributed by atoms with Crippen molar-refractivity contribution in [2.45, 2.75) is 103 Å². The summed E-state index contributed by atoms with van der Waals surface area (Å²) >= 11 is 0. The number of rotatable bonds is 21. The highest BCUT2D eigenvalue weighted by atomic mass is 19.4. The number of pyridine rings is 1. The zero-order chi connectivity index (χ0) is 57.7. The Morgan fingerprint density at radius 3 is 2.03 bits per heavy atom. The zero-order valence-electron chi connectivity index (χ0n) is 44.5. The Kier molecular flexibility index (Phi) is 21.4. The quantitative estimate of drug-likeness (QED) is 0.0307. The molecule has 0 bridgehead atoms. The van der Waals surface area contributed by atoms with Gasteiger partial charge in [0.05, 0.1) is 63.3 Å². The Bertz CT molecular complexity index is 2630. The number of hydrogen-bond acceptors (Lipinski definition) is 14. The second-order valence-corrected chi connectivity index (χ2v) is 20.5. The number of ether oxygens (including phenoxy) is 3. The van der Waals surface area contributed by atoms with Crippen LogP contribution >= 0.6 is 0 Å². The molecule has 7 N–H and O–H groups in total. The summed E-state index contributed by atoms with van der Waals surface area (Å²) in [5, 5.41) is 30.1. The number of piperazine rings is 1. The first-order valence-corrected chi connectivity index (χ1v) is 24.8. The van der Waals surface area contributed by atoms with Crippen molar-refractivity contribution in [1.29, 1.82) is 5.41 Å². The number of methoxy groups -OCH3 is 2. The molecule has 5 atom stereocenters. The van der Waals surface area contributed by atoms with Crippen molar-refractivity contribution < 1.29 is 69.2 Å². The minimum absolute atomic E-state index is 0.230. The molecule has 4 amide bonds. The number of aromatic nitrogens is 1. The molecule has 0 radical (unpaired) electrons. The maximum absolute atomic E-state index is 16.0. The van der Waals surface area contributed by atoms with E-state index in [1.165, 1.54) is 0 Å². The molecule has 2 aliphatic rings. The smallest absolute Gasteiger partial charge is 0.407 e. The van der Waals surface area contributed by atoms with Crippen molar-refractivity contribution in [2.75, 3.05) is 65.1 Å². The molecule has 18 nitrogen and oxygen atoms in total. The molecule has 1 aromatic heterocycles. The van der Waals surface area contributed by atoms with Gasteiger partial charge in [0.25, 0.3) is 12.3 Å². The average Bonchev–Trinajstić information content (AvgIpc) is 3.35. The van der Waals surface area contributed by atoms with E-state index in [2.05, 4.69) is 59.7 Å². The first-order chi connectivity index (χ1) is 36.6. The molecule has 78 heavy (non-hydrogen) atoms. The number of hydrazine groups is 1. The molecule has 0 spiro atoms. The van der Waals surface area contributed by atoms with Crippen LogP contribution in [0.4, 0.5) is 46.1 Å². The summed E-state index contributed by atoms with van der Waals surface area (Å²) in [4.78, 5) is 62.3. The number of anilines is 1. The van der Waals surface area contributed by atoms with E-state index < -0.39 is 114 Å². The highest BCUT2D eigenvalue weighted by molar-refractivity contribution is 6.06. The Labute approximate surface area is 448 Å². The molecular weight excluding hydrogens is 1040 g/mol. The lowest BCUT2D eigenvalue weighted by Gasteiger charge is -2.46. The summed E-state index contributed by atoms with van der Waals surface area (Å²) in [6.07, 6.45) is -8.82. The fraction of sp³-hybridized carbons (Fsp3) is 0.509. The molecule has 3 aromatic rings. The van der Waals surface area contributed by atoms with Crippen LogP contribution in [-0.4, -0.2) is 159 Å². The first kappa shape index (κ1) is 61.8. The molecule has 2 saturated heterocycles. The maximum Gasteiger partial charge on any atom is 0.407 e. The maximum atomic E-state index is 16.0. The SMILES string of the molecule is COC(=O)NC(C(=O)N[C@@H](Cc1ccc(C#Cc2ccc(N3CCN(C4COC4)C[C@H]3C)nc2)cc1)[C@@H](O)CN(Cc1c(F)cc(C(=N)/C=C\NCC(F)F)cc1F)NC(=O)[C@@H](NC(=O)OC)C(C)(C)C)C(C)(C)C(F)(F)F. The van der Waals surface area contributed by atoms with Crippen LogP contribution in [0.25, 0.3) is 0 Å². The number of benzene rings is 2. The molecule has 0 saturated carbocycles. The number of halogens is 7. The van der Waals surface area contributed by atoms with Crippen molar-refractivity contribution >= 4 is 35.5 Å². The Balaban J connectivity index is 1.46. The number of allylic oxidation sites excluding steroid dienone is 1. The molecular formula is C53H67F7N10O8. The Morgan fingerprint density at radius 1 is 0.897 bits per heavy atom. The van der Waals surface area contributed by atoms with E-state index >= 15 is 8.78 Å². The predicted molar refractivity (Wildman–Crippen MR) is 274 cm³/mol. The second-order valence-electron chi connectivity index (χ2n) is 20.5. The lowest BCUT2D eigenvalue weighted by atomic mass is 9.82. The number of carbonyl (C=O) groups excluding carboxylic acids is 4. The van der Waals surface area contributed by atoms with Gasteiger partial charge in [-0.1, -0.05) is 44.7 Å². The van der Waals surface area contributed by atoms with Gasteiger partial charge in [0, 0.05) is 67.2 Å². The molecule has 0 aliphatic carbocycles. The van der Waals surface area contributed by atoms with Crippen LogP contribution in [0.2, 0.25) is 0 Å². The van der Waals surface area contributed by atoms with Crippen LogP contribution < -0.4 is 31.6 Å². The lowest BCUT2D eigenvalue weighted by molar-refractivity contribution is -0.220. The van der Waals surface area contributed by atoms with E-state index in [-0.39, 0.29) is 18.0 Å². The number of alkyl halides is 5. The topological polar surface area (TPSA) is 223 Å². The number of nitrogens with one attached hydrogen (secondary N) is 6. The van der Waals surface area contributed by atoms with Crippen molar-refractivity contribution in [3.63, 3.8) is 0 Å². The summed E-state index contributed by atoms with van der Waals surface area (Å²) in [5.74, 6) is 2.02. The molecule has 1 unspecified atom stereocenters. The van der Waals surface area contributed by atoms with Gasteiger partial charge in [0.15, 0.2) is 0 Å². The second kappa shape index (κ2) is 27.0. The third kappa shape index (κ3) is 17.0. The van der Waals surface area contributed by atoms with Crippen LogP contribution in [0.1, 0.15) is 69.4 Å². The average molecular weight is 1110 g/mol. The number of aliphatic hydroxyl groups excluding tert-OH is 1. The lowest BCUT2D eigenvalue weighted by Crippen LogP contribution is -2.63. The molecule has 3 heterocycles. The molecule has 2 fully saturated rings. The van der Waals surface area contributed by atoms with E-state index in [0.717, 1.165) is 82.3 Å². The highest BCUT2D eigenvalue weighted by Crippen LogP contribution is 2.40. The molecule has 25 heteroatoms. The predicted octanol–water partition coefficient (Wildman–Crippen LogP) is 5.41. The van der Waals surface area contributed by atoms with Crippen LogP contribution in [0, 0.1) is 39.7 Å². The largest absolute Gasteiger partial charge is 0.453 e. The van der Waals surface area contributed by atoms with Crippen molar-refractivity contribution in [3.8, 4) is 11.8 Å². The van der Waals surface area contributed by atoms with E-state index in [0.29, 0.717) is 36.6 Å². The van der Waals surface area contributed by atoms with Gasteiger partial charge in [-0.3, -0.25) is 19.9 Å². The third-order valence-corrected chi connectivity index (χ3v) is 13.2.